The summed E-state index contributed by atoms with van der Waals surface area (Å²) in [5.74, 6) is -3.66. The fraction of sp³-hybridized carbons (Fsp3) is 0. The maximum absolute atomic E-state index is 13.4. The highest BCUT2D eigenvalue weighted by Crippen LogP contribution is 2.23. The highest BCUT2D eigenvalue weighted by Gasteiger charge is 2.14. The first-order valence-corrected chi connectivity index (χ1v) is 4.52. The van der Waals surface area contributed by atoms with E-state index in [0.717, 1.165) is 0 Å². The van der Waals surface area contributed by atoms with Crippen LogP contribution in [-0.2, 0) is 0 Å². The molecule has 17 heavy (non-hydrogen) atoms. The zero-order valence-electron chi connectivity index (χ0n) is 8.42. The molecule has 1 aromatic carbocycles. The van der Waals surface area contributed by atoms with E-state index in [0.29, 0.717) is 12.1 Å². The van der Waals surface area contributed by atoms with Crippen LogP contribution in [0.15, 0.2) is 18.2 Å². The lowest BCUT2D eigenvalue weighted by Crippen LogP contribution is -2.02. The topological polar surface area (TPSA) is 77.8 Å². The van der Waals surface area contributed by atoms with E-state index in [1.54, 1.807) is 0 Å². The monoisotopic (exact) mass is 240 g/mol. The minimum Gasteiger partial charge on any atom is -0.384 e. The van der Waals surface area contributed by atoms with Crippen molar-refractivity contribution in [3.63, 3.8) is 0 Å². The largest absolute Gasteiger partial charge is 0.384 e. The standard InChI is InChI=1S/C10H7F3N4/c11-5-2-7(13)6(12)1-4(5)10-16-8(14)3-9(15)17-10/h1-3H,(H4,14,15,16,17). The van der Waals surface area contributed by atoms with Crippen molar-refractivity contribution in [1.82, 2.24) is 9.97 Å². The number of benzene rings is 1. The van der Waals surface area contributed by atoms with E-state index < -0.39 is 17.5 Å². The van der Waals surface area contributed by atoms with E-state index in [4.69, 9.17) is 11.5 Å². The summed E-state index contributed by atoms with van der Waals surface area (Å²) in [5.41, 5.74) is 10.5. The fourth-order valence-electron chi connectivity index (χ4n) is 1.30. The summed E-state index contributed by atoms with van der Waals surface area (Å²) in [5, 5.41) is 0. The van der Waals surface area contributed by atoms with Crippen molar-refractivity contribution in [2.75, 3.05) is 11.5 Å². The number of anilines is 2. The van der Waals surface area contributed by atoms with Gasteiger partial charge in [-0.1, -0.05) is 0 Å². The van der Waals surface area contributed by atoms with Gasteiger partial charge in [0.15, 0.2) is 17.5 Å². The van der Waals surface area contributed by atoms with Crippen molar-refractivity contribution >= 4 is 11.6 Å². The Bertz CT molecular complexity index is 566. The van der Waals surface area contributed by atoms with Crippen LogP contribution in [0, 0.1) is 17.5 Å². The Morgan fingerprint density at radius 2 is 1.29 bits per heavy atom. The molecule has 0 unspecified atom stereocenters. The molecule has 0 aliphatic rings. The molecule has 0 bridgehead atoms. The minimum absolute atomic E-state index is 0.0108. The molecule has 2 rings (SSSR count). The summed E-state index contributed by atoms with van der Waals surface area (Å²) in [6.45, 7) is 0. The molecule has 0 radical (unpaired) electrons. The van der Waals surface area contributed by atoms with Gasteiger partial charge in [0.25, 0.3) is 0 Å². The number of rotatable bonds is 1. The van der Waals surface area contributed by atoms with Gasteiger partial charge >= 0.3 is 0 Å². The molecule has 0 spiro atoms. The highest BCUT2D eigenvalue weighted by molar-refractivity contribution is 5.60. The molecule has 0 saturated carbocycles. The Balaban J connectivity index is 2.64. The van der Waals surface area contributed by atoms with Gasteiger partial charge in [-0.05, 0) is 6.07 Å². The first-order valence-electron chi connectivity index (χ1n) is 4.52. The fourth-order valence-corrected chi connectivity index (χ4v) is 1.30. The summed E-state index contributed by atoms with van der Waals surface area (Å²) >= 11 is 0. The number of aromatic nitrogens is 2. The molecular formula is C10H7F3N4. The van der Waals surface area contributed by atoms with Gasteiger partial charge in [0.05, 0.1) is 5.56 Å². The number of nitrogens with zero attached hydrogens (tertiary/aromatic N) is 2. The Labute approximate surface area is 94.1 Å². The Morgan fingerprint density at radius 3 is 1.88 bits per heavy atom. The Hall–Kier alpha value is -2.31. The maximum Gasteiger partial charge on any atom is 0.166 e. The van der Waals surface area contributed by atoms with Crippen molar-refractivity contribution in [1.29, 1.82) is 0 Å². The van der Waals surface area contributed by atoms with E-state index in [1.807, 2.05) is 0 Å². The van der Waals surface area contributed by atoms with Crippen LogP contribution in [0.4, 0.5) is 24.8 Å². The number of halogens is 3. The van der Waals surface area contributed by atoms with Crippen LogP contribution in [-0.4, -0.2) is 9.97 Å². The second-order valence-corrected chi connectivity index (χ2v) is 3.29. The van der Waals surface area contributed by atoms with E-state index in [9.17, 15) is 13.2 Å². The zero-order chi connectivity index (χ0) is 12.6. The third-order valence-corrected chi connectivity index (χ3v) is 2.02. The van der Waals surface area contributed by atoms with E-state index >= 15 is 0 Å². The average molecular weight is 240 g/mol. The lowest BCUT2D eigenvalue weighted by atomic mass is 10.2. The van der Waals surface area contributed by atoms with Crippen LogP contribution in [0.5, 0.6) is 0 Å². The molecule has 4 N–H and O–H groups in total. The van der Waals surface area contributed by atoms with Crippen LogP contribution < -0.4 is 11.5 Å². The second kappa shape index (κ2) is 3.93. The second-order valence-electron chi connectivity index (χ2n) is 3.29. The molecule has 2 aromatic rings. The summed E-state index contributed by atoms with van der Waals surface area (Å²) in [7, 11) is 0. The number of hydrogen-bond donors (Lipinski definition) is 2. The van der Waals surface area contributed by atoms with Crippen molar-refractivity contribution < 1.29 is 13.2 Å². The molecule has 0 fully saturated rings. The molecule has 4 nitrogen and oxygen atoms in total. The van der Waals surface area contributed by atoms with Gasteiger partial charge in [-0.3, -0.25) is 0 Å². The molecule has 0 aliphatic heterocycles. The molecule has 0 saturated heterocycles. The van der Waals surface area contributed by atoms with Crippen LogP contribution in [0.25, 0.3) is 11.4 Å². The lowest BCUT2D eigenvalue weighted by Gasteiger charge is -2.04. The Kier molecular flexibility index (Phi) is 2.58. The maximum atomic E-state index is 13.4. The minimum atomic E-state index is -1.29. The van der Waals surface area contributed by atoms with Gasteiger partial charge in [-0.2, -0.15) is 0 Å². The highest BCUT2D eigenvalue weighted by atomic mass is 19.2. The predicted octanol–water partition coefficient (Wildman–Crippen LogP) is 1.73. The van der Waals surface area contributed by atoms with Gasteiger partial charge in [0.2, 0.25) is 0 Å². The molecule has 1 heterocycles. The molecule has 7 heteroatoms. The SMILES string of the molecule is Nc1cc(N)nc(-c2cc(F)c(F)cc2F)n1. The van der Waals surface area contributed by atoms with Gasteiger partial charge in [0.1, 0.15) is 17.5 Å². The van der Waals surface area contributed by atoms with Gasteiger partial charge in [0, 0.05) is 12.1 Å². The molecule has 0 amide bonds. The van der Waals surface area contributed by atoms with Crippen molar-refractivity contribution in [3.05, 3.63) is 35.7 Å². The number of hydrogen-bond acceptors (Lipinski definition) is 4. The Morgan fingerprint density at radius 1 is 0.765 bits per heavy atom. The average Bonchev–Trinajstić information content (AvgIpc) is 2.22. The van der Waals surface area contributed by atoms with Gasteiger partial charge in [-0.15, -0.1) is 0 Å². The third kappa shape index (κ3) is 2.12. The lowest BCUT2D eigenvalue weighted by molar-refractivity contribution is 0.496. The van der Waals surface area contributed by atoms with E-state index in [2.05, 4.69) is 9.97 Å². The summed E-state index contributed by atoms with van der Waals surface area (Å²) in [6, 6.07) is 2.33. The predicted molar refractivity (Wildman–Crippen MR) is 56.2 cm³/mol. The van der Waals surface area contributed by atoms with E-state index in [1.165, 1.54) is 6.07 Å². The molecule has 0 atom stereocenters. The number of nitrogen functional groups attached to an aromatic ring is 2. The molecular weight excluding hydrogens is 233 g/mol. The van der Waals surface area contributed by atoms with E-state index in [-0.39, 0.29) is 23.0 Å². The first-order chi connectivity index (χ1) is 7.97. The third-order valence-electron chi connectivity index (χ3n) is 2.02. The van der Waals surface area contributed by atoms with Crippen molar-refractivity contribution in [2.45, 2.75) is 0 Å². The summed E-state index contributed by atoms with van der Waals surface area (Å²) in [4.78, 5) is 7.39. The normalized spacial score (nSPS) is 10.5. The van der Waals surface area contributed by atoms with Crippen LogP contribution in [0.1, 0.15) is 0 Å². The van der Waals surface area contributed by atoms with Crippen LogP contribution in [0.2, 0.25) is 0 Å². The molecule has 1 aromatic heterocycles. The van der Waals surface area contributed by atoms with Crippen molar-refractivity contribution in [3.8, 4) is 11.4 Å². The molecule has 88 valence electrons. The van der Waals surface area contributed by atoms with Crippen LogP contribution >= 0.6 is 0 Å². The quantitative estimate of drug-likeness (QED) is 0.744. The summed E-state index contributed by atoms with van der Waals surface area (Å²) < 4.78 is 39.1. The smallest absolute Gasteiger partial charge is 0.166 e. The van der Waals surface area contributed by atoms with Gasteiger partial charge in [-0.25, -0.2) is 23.1 Å². The number of nitrogens with two attached hydrogens (primary N) is 2. The van der Waals surface area contributed by atoms with Crippen molar-refractivity contribution in [2.24, 2.45) is 0 Å². The molecule has 0 aliphatic carbocycles. The van der Waals surface area contributed by atoms with Gasteiger partial charge < -0.3 is 11.5 Å². The zero-order valence-corrected chi connectivity index (χ0v) is 8.42. The first kappa shape index (κ1) is 11.2. The van der Waals surface area contributed by atoms with Crippen LogP contribution in [0.3, 0.4) is 0 Å². The summed E-state index contributed by atoms with van der Waals surface area (Å²) in [6.07, 6.45) is 0.